The first kappa shape index (κ1) is 16.2. The van der Waals surface area contributed by atoms with Gasteiger partial charge >= 0.3 is 0 Å². The summed E-state index contributed by atoms with van der Waals surface area (Å²) in [6.07, 6.45) is 2.53. The van der Waals surface area contributed by atoms with E-state index in [0.29, 0.717) is 0 Å². The molecule has 1 aromatic heterocycles. The van der Waals surface area contributed by atoms with E-state index in [1.54, 1.807) is 7.11 Å². The van der Waals surface area contributed by atoms with Crippen LogP contribution in [0.3, 0.4) is 0 Å². The quantitative estimate of drug-likeness (QED) is 0.782. The van der Waals surface area contributed by atoms with Crippen molar-refractivity contribution in [3.63, 3.8) is 0 Å². The molecule has 5 nitrogen and oxygen atoms in total. The first-order chi connectivity index (χ1) is 11.1. The van der Waals surface area contributed by atoms with Crippen molar-refractivity contribution in [2.45, 2.75) is 39.4 Å². The normalized spacial score (nSPS) is 15.5. The third-order valence-electron chi connectivity index (χ3n) is 4.27. The van der Waals surface area contributed by atoms with Crippen LogP contribution < -0.4 is 4.74 Å². The molecular weight excluding hydrogens is 308 g/mol. The molecule has 0 saturated carbocycles. The van der Waals surface area contributed by atoms with Crippen LogP contribution in [0.4, 0.5) is 0 Å². The molecule has 2 aromatic rings. The molecule has 0 radical (unpaired) electrons. The summed E-state index contributed by atoms with van der Waals surface area (Å²) in [5.74, 6) is 1.77. The summed E-state index contributed by atoms with van der Waals surface area (Å²) in [7, 11) is 1.68. The van der Waals surface area contributed by atoms with Crippen molar-refractivity contribution in [2.24, 2.45) is 0 Å². The Bertz CT molecular complexity index is 711. The molecule has 6 heteroatoms. The Hall–Kier alpha value is -1.66. The first-order valence-electron chi connectivity index (χ1n) is 8.16. The molecule has 1 saturated heterocycles. The molecule has 1 fully saturated rings. The van der Waals surface area contributed by atoms with Crippen molar-refractivity contribution in [2.75, 3.05) is 20.2 Å². The second-order valence-electron chi connectivity index (χ2n) is 6.26. The molecule has 3 rings (SSSR count). The van der Waals surface area contributed by atoms with Crippen LogP contribution in [0.5, 0.6) is 5.75 Å². The van der Waals surface area contributed by atoms with Crippen molar-refractivity contribution in [1.29, 1.82) is 0 Å². The standard InChI is InChI=1S/C17H24N4OS/c1-13(2)21-16(14-6-8-15(22-3)9-7-14)18-20(17(21)23)12-19-10-4-5-11-19/h6-9,13H,4-5,10-12H2,1-3H3. The second kappa shape index (κ2) is 6.84. The van der Waals surface area contributed by atoms with Gasteiger partial charge in [0.1, 0.15) is 5.75 Å². The molecule has 124 valence electrons. The number of likely N-dealkylation sites (tertiary alicyclic amines) is 1. The summed E-state index contributed by atoms with van der Waals surface area (Å²) in [4.78, 5) is 2.41. The maximum absolute atomic E-state index is 5.68. The number of nitrogens with zero attached hydrogens (tertiary/aromatic N) is 4. The highest BCUT2D eigenvalue weighted by atomic mass is 32.1. The fraction of sp³-hybridized carbons (Fsp3) is 0.529. The highest BCUT2D eigenvalue weighted by Crippen LogP contribution is 2.24. The predicted molar refractivity (Wildman–Crippen MR) is 94.2 cm³/mol. The summed E-state index contributed by atoms with van der Waals surface area (Å²) >= 11 is 5.68. The second-order valence-corrected chi connectivity index (χ2v) is 6.63. The molecule has 0 aliphatic carbocycles. The minimum Gasteiger partial charge on any atom is -0.497 e. The number of ether oxygens (including phenoxy) is 1. The van der Waals surface area contributed by atoms with Gasteiger partial charge in [0.25, 0.3) is 0 Å². The van der Waals surface area contributed by atoms with Gasteiger partial charge in [-0.2, -0.15) is 5.10 Å². The minimum absolute atomic E-state index is 0.270. The van der Waals surface area contributed by atoms with Gasteiger partial charge in [0.15, 0.2) is 10.6 Å². The molecule has 0 bridgehead atoms. The lowest BCUT2D eigenvalue weighted by Crippen LogP contribution is -2.23. The number of benzene rings is 1. The van der Waals surface area contributed by atoms with Gasteiger partial charge in [0, 0.05) is 11.6 Å². The maximum atomic E-state index is 5.68. The molecule has 0 spiro atoms. The van der Waals surface area contributed by atoms with Gasteiger partial charge in [0.05, 0.1) is 13.8 Å². The monoisotopic (exact) mass is 332 g/mol. The predicted octanol–water partition coefficient (Wildman–Crippen LogP) is 3.72. The molecule has 23 heavy (non-hydrogen) atoms. The van der Waals surface area contributed by atoms with E-state index in [1.165, 1.54) is 12.8 Å². The van der Waals surface area contributed by atoms with Crippen LogP contribution in [0.25, 0.3) is 11.4 Å². The molecule has 0 atom stereocenters. The Kier molecular flexibility index (Phi) is 4.82. The number of hydrogen-bond acceptors (Lipinski definition) is 4. The molecule has 0 amide bonds. The van der Waals surface area contributed by atoms with Crippen LogP contribution in [0, 0.1) is 4.77 Å². The van der Waals surface area contributed by atoms with Crippen LogP contribution in [0.15, 0.2) is 24.3 Å². The van der Waals surface area contributed by atoms with Crippen molar-refractivity contribution < 1.29 is 4.74 Å². The largest absolute Gasteiger partial charge is 0.497 e. The molecule has 0 N–H and O–H groups in total. The van der Waals surface area contributed by atoms with Gasteiger partial charge in [0.2, 0.25) is 0 Å². The lowest BCUT2D eigenvalue weighted by Gasteiger charge is -2.14. The Morgan fingerprint density at radius 1 is 1.17 bits per heavy atom. The SMILES string of the molecule is COc1ccc(-c2nn(CN3CCCC3)c(=S)n2C(C)C)cc1. The highest BCUT2D eigenvalue weighted by Gasteiger charge is 2.18. The summed E-state index contributed by atoms with van der Waals surface area (Å²) < 4.78 is 10.1. The van der Waals surface area contributed by atoms with E-state index in [0.717, 1.165) is 41.7 Å². The van der Waals surface area contributed by atoms with E-state index in [4.69, 9.17) is 22.1 Å². The zero-order valence-corrected chi connectivity index (χ0v) is 14.8. The topological polar surface area (TPSA) is 35.2 Å². The zero-order chi connectivity index (χ0) is 16.4. The number of aromatic nitrogens is 3. The summed E-state index contributed by atoms with van der Waals surface area (Å²) in [5, 5.41) is 4.81. The summed E-state index contributed by atoms with van der Waals surface area (Å²) in [6.45, 7) is 7.33. The van der Waals surface area contributed by atoms with Gasteiger partial charge in [-0.3, -0.25) is 9.47 Å². The lowest BCUT2D eigenvalue weighted by atomic mass is 10.2. The summed E-state index contributed by atoms with van der Waals surface area (Å²) in [6, 6.07) is 8.27. The van der Waals surface area contributed by atoms with Gasteiger partial charge in [-0.25, -0.2) is 4.68 Å². The van der Waals surface area contributed by atoms with Crippen molar-refractivity contribution in [3.05, 3.63) is 29.0 Å². The fourth-order valence-electron chi connectivity index (χ4n) is 3.03. The van der Waals surface area contributed by atoms with Crippen molar-refractivity contribution >= 4 is 12.2 Å². The van der Waals surface area contributed by atoms with Crippen LogP contribution in [-0.2, 0) is 6.67 Å². The molecule has 1 aromatic carbocycles. The Morgan fingerprint density at radius 3 is 2.39 bits per heavy atom. The Morgan fingerprint density at radius 2 is 1.83 bits per heavy atom. The van der Waals surface area contributed by atoms with Crippen molar-refractivity contribution in [3.8, 4) is 17.1 Å². The van der Waals surface area contributed by atoms with E-state index < -0.39 is 0 Å². The van der Waals surface area contributed by atoms with Crippen molar-refractivity contribution in [1.82, 2.24) is 19.2 Å². The average Bonchev–Trinajstić information content (AvgIpc) is 3.16. The maximum Gasteiger partial charge on any atom is 0.199 e. The number of methoxy groups -OCH3 is 1. The molecule has 1 aliphatic heterocycles. The van der Waals surface area contributed by atoms with E-state index in [9.17, 15) is 0 Å². The molecule has 0 unspecified atom stereocenters. The smallest absolute Gasteiger partial charge is 0.199 e. The third-order valence-corrected chi connectivity index (χ3v) is 4.68. The fourth-order valence-corrected chi connectivity index (χ4v) is 3.42. The molecular formula is C17H24N4OS. The van der Waals surface area contributed by atoms with Crippen LogP contribution >= 0.6 is 12.2 Å². The van der Waals surface area contributed by atoms with Crippen LogP contribution in [-0.4, -0.2) is 39.4 Å². The van der Waals surface area contributed by atoms with E-state index in [-0.39, 0.29) is 6.04 Å². The molecule has 2 heterocycles. The third kappa shape index (κ3) is 3.33. The van der Waals surface area contributed by atoms with E-state index in [2.05, 4.69) is 23.3 Å². The highest BCUT2D eigenvalue weighted by molar-refractivity contribution is 7.71. The average molecular weight is 332 g/mol. The lowest BCUT2D eigenvalue weighted by molar-refractivity contribution is 0.252. The van der Waals surface area contributed by atoms with Gasteiger partial charge < -0.3 is 4.74 Å². The number of rotatable bonds is 5. The number of hydrogen-bond donors (Lipinski definition) is 0. The van der Waals surface area contributed by atoms with Crippen LogP contribution in [0.2, 0.25) is 0 Å². The van der Waals surface area contributed by atoms with E-state index >= 15 is 0 Å². The Balaban J connectivity index is 1.98. The zero-order valence-electron chi connectivity index (χ0n) is 14.0. The van der Waals surface area contributed by atoms with E-state index in [1.807, 2.05) is 28.9 Å². The van der Waals surface area contributed by atoms with Gasteiger partial charge in [-0.15, -0.1) is 0 Å². The van der Waals surface area contributed by atoms with Gasteiger partial charge in [-0.1, -0.05) is 0 Å². The first-order valence-corrected chi connectivity index (χ1v) is 8.57. The summed E-state index contributed by atoms with van der Waals surface area (Å²) in [5.41, 5.74) is 1.06. The Labute approximate surface area is 142 Å². The van der Waals surface area contributed by atoms with Crippen LogP contribution in [0.1, 0.15) is 32.7 Å². The minimum atomic E-state index is 0.270. The molecule has 1 aliphatic rings. The van der Waals surface area contributed by atoms with Gasteiger partial charge in [-0.05, 0) is 76.3 Å².